The van der Waals surface area contributed by atoms with Crippen molar-refractivity contribution in [2.45, 2.75) is 44.9 Å². The lowest BCUT2D eigenvalue weighted by atomic mass is 10.0. The summed E-state index contributed by atoms with van der Waals surface area (Å²) in [5.74, 6) is 1.38. The summed E-state index contributed by atoms with van der Waals surface area (Å²) in [6.45, 7) is 4.65. The summed E-state index contributed by atoms with van der Waals surface area (Å²) in [6, 6.07) is 5.68. The number of carbonyl (C=O) groups excluding carboxylic acids is 1. The number of benzene rings is 1. The zero-order chi connectivity index (χ0) is 19.1. The van der Waals surface area contributed by atoms with Gasteiger partial charge in [0.2, 0.25) is 5.91 Å². The molecule has 0 radical (unpaired) electrons. The minimum atomic E-state index is -0.294. The monoisotopic (exact) mass is 375 g/mol. The molecule has 0 N–H and O–H groups in total. The molecule has 1 unspecified atom stereocenters. The normalized spacial score (nSPS) is 21.0. The fourth-order valence-corrected chi connectivity index (χ4v) is 3.50. The Labute approximate surface area is 161 Å². The van der Waals surface area contributed by atoms with E-state index >= 15 is 0 Å². The van der Waals surface area contributed by atoms with E-state index in [9.17, 15) is 4.79 Å². The first-order chi connectivity index (χ1) is 13.2. The molecule has 0 aromatic heterocycles. The molecule has 2 heterocycles. The zero-order valence-corrected chi connectivity index (χ0v) is 16.2. The topological polar surface area (TPSA) is 57.2 Å². The quantitative estimate of drug-likeness (QED) is 0.685. The van der Waals surface area contributed by atoms with E-state index in [4.69, 9.17) is 18.9 Å². The van der Waals surface area contributed by atoms with Crippen LogP contribution < -0.4 is 9.47 Å². The molecule has 0 bridgehead atoms. The average Bonchev–Trinajstić information content (AvgIpc) is 3.25. The molecule has 2 aliphatic heterocycles. The highest BCUT2D eigenvalue weighted by Gasteiger charge is 2.35. The second-order valence-electron chi connectivity index (χ2n) is 6.80. The van der Waals surface area contributed by atoms with E-state index in [2.05, 4.69) is 6.92 Å². The first-order valence-electron chi connectivity index (χ1n) is 9.75. The van der Waals surface area contributed by atoms with Crippen molar-refractivity contribution in [1.82, 2.24) is 4.90 Å². The molecule has 2 fully saturated rings. The maximum absolute atomic E-state index is 12.8. The van der Waals surface area contributed by atoms with Crippen LogP contribution in [-0.2, 0) is 14.3 Å². The molecule has 1 aromatic rings. The van der Waals surface area contributed by atoms with E-state index in [0.29, 0.717) is 25.6 Å². The van der Waals surface area contributed by atoms with Crippen molar-refractivity contribution in [3.8, 4) is 11.5 Å². The number of methoxy groups -OCH3 is 1. The van der Waals surface area contributed by atoms with Crippen molar-refractivity contribution < 1.29 is 23.7 Å². The molecule has 148 valence electrons. The van der Waals surface area contributed by atoms with Crippen molar-refractivity contribution in [1.29, 1.82) is 0 Å². The first kappa shape index (κ1) is 19.7. The summed E-state index contributed by atoms with van der Waals surface area (Å²) in [6.07, 6.45) is 7.10. The van der Waals surface area contributed by atoms with Crippen LogP contribution in [0.2, 0.25) is 0 Å². The van der Waals surface area contributed by atoms with E-state index in [1.165, 1.54) is 0 Å². The van der Waals surface area contributed by atoms with Gasteiger partial charge in [0.25, 0.3) is 0 Å². The molecule has 3 rings (SSSR count). The minimum absolute atomic E-state index is 0.00208. The largest absolute Gasteiger partial charge is 0.493 e. The third-order valence-electron chi connectivity index (χ3n) is 4.86. The number of nitrogens with zero attached hydrogens (tertiary/aromatic N) is 1. The van der Waals surface area contributed by atoms with Crippen LogP contribution in [0.4, 0.5) is 0 Å². The molecule has 1 aromatic carbocycles. The van der Waals surface area contributed by atoms with E-state index in [-0.39, 0.29) is 18.2 Å². The van der Waals surface area contributed by atoms with Gasteiger partial charge >= 0.3 is 0 Å². The molecule has 6 nitrogen and oxygen atoms in total. The van der Waals surface area contributed by atoms with Gasteiger partial charge in [0.1, 0.15) is 0 Å². The summed E-state index contributed by atoms with van der Waals surface area (Å²) < 4.78 is 22.4. The lowest BCUT2D eigenvalue weighted by molar-refractivity contribution is -0.145. The highest BCUT2D eigenvalue weighted by atomic mass is 16.7. The SMILES string of the molecule is CCCOc1ccc(/C=C/C(=O)N2CCCCC2C2OCCO2)cc1OC. The van der Waals surface area contributed by atoms with Gasteiger partial charge in [-0.05, 0) is 49.5 Å². The van der Waals surface area contributed by atoms with E-state index < -0.39 is 0 Å². The van der Waals surface area contributed by atoms with Gasteiger partial charge < -0.3 is 23.8 Å². The van der Waals surface area contributed by atoms with Crippen LogP contribution in [0.5, 0.6) is 11.5 Å². The summed E-state index contributed by atoms with van der Waals surface area (Å²) in [5.41, 5.74) is 0.894. The number of amides is 1. The Morgan fingerprint density at radius 2 is 2.07 bits per heavy atom. The van der Waals surface area contributed by atoms with Crippen LogP contribution in [0, 0.1) is 0 Å². The summed E-state index contributed by atoms with van der Waals surface area (Å²) in [5, 5.41) is 0. The van der Waals surface area contributed by atoms with Crippen molar-refractivity contribution >= 4 is 12.0 Å². The zero-order valence-electron chi connectivity index (χ0n) is 16.2. The Balaban J connectivity index is 1.67. The van der Waals surface area contributed by atoms with Crippen LogP contribution in [0.25, 0.3) is 6.08 Å². The smallest absolute Gasteiger partial charge is 0.246 e. The van der Waals surface area contributed by atoms with Crippen molar-refractivity contribution in [2.24, 2.45) is 0 Å². The molecule has 0 spiro atoms. The summed E-state index contributed by atoms with van der Waals surface area (Å²) >= 11 is 0. The van der Waals surface area contributed by atoms with Crippen LogP contribution in [0.1, 0.15) is 38.2 Å². The maximum Gasteiger partial charge on any atom is 0.246 e. The van der Waals surface area contributed by atoms with Gasteiger partial charge in [0, 0.05) is 12.6 Å². The average molecular weight is 375 g/mol. The second kappa shape index (κ2) is 9.76. The molecular formula is C21H29NO5. The van der Waals surface area contributed by atoms with Crippen molar-refractivity contribution in [2.75, 3.05) is 33.5 Å². The number of carbonyl (C=O) groups is 1. The Bertz CT molecular complexity index is 654. The van der Waals surface area contributed by atoms with Gasteiger partial charge in [0.15, 0.2) is 17.8 Å². The predicted octanol–water partition coefficient (Wildman–Crippen LogP) is 3.25. The Morgan fingerprint density at radius 1 is 1.26 bits per heavy atom. The van der Waals surface area contributed by atoms with Crippen LogP contribution in [0.3, 0.4) is 0 Å². The molecule has 0 aliphatic carbocycles. The maximum atomic E-state index is 12.8. The summed E-state index contributed by atoms with van der Waals surface area (Å²) in [4.78, 5) is 14.7. The number of hydrogen-bond acceptors (Lipinski definition) is 5. The van der Waals surface area contributed by atoms with E-state index in [1.54, 1.807) is 13.2 Å². The third-order valence-corrected chi connectivity index (χ3v) is 4.86. The van der Waals surface area contributed by atoms with Crippen molar-refractivity contribution in [3.05, 3.63) is 29.8 Å². The number of likely N-dealkylation sites (tertiary alicyclic amines) is 1. The first-order valence-corrected chi connectivity index (χ1v) is 9.75. The molecule has 2 aliphatic rings. The van der Waals surface area contributed by atoms with Gasteiger partial charge in [-0.25, -0.2) is 0 Å². The predicted molar refractivity (Wildman–Crippen MR) is 103 cm³/mol. The lowest BCUT2D eigenvalue weighted by Crippen LogP contribution is -2.49. The molecule has 27 heavy (non-hydrogen) atoms. The molecule has 2 saturated heterocycles. The molecule has 1 atom stereocenters. The highest BCUT2D eigenvalue weighted by Crippen LogP contribution is 2.29. The molecule has 1 amide bonds. The van der Waals surface area contributed by atoms with Gasteiger partial charge in [-0.15, -0.1) is 0 Å². The van der Waals surface area contributed by atoms with Gasteiger partial charge in [-0.2, -0.15) is 0 Å². The molecule has 0 saturated carbocycles. The lowest BCUT2D eigenvalue weighted by Gasteiger charge is -2.37. The third kappa shape index (κ3) is 5.02. The highest BCUT2D eigenvalue weighted by molar-refractivity contribution is 5.92. The Hall–Kier alpha value is -2.05. The standard InChI is InChI=1S/C21H29NO5/c1-3-12-25-18-9-7-16(15-19(18)24-2)8-10-20(23)22-11-5-4-6-17(22)21-26-13-14-27-21/h7-10,15,17,21H,3-6,11-14H2,1-2H3/b10-8+. The Kier molecular flexibility index (Phi) is 7.12. The number of ether oxygens (including phenoxy) is 4. The van der Waals surface area contributed by atoms with Crippen LogP contribution >= 0.6 is 0 Å². The second-order valence-corrected chi connectivity index (χ2v) is 6.80. The van der Waals surface area contributed by atoms with E-state index in [1.807, 2.05) is 29.2 Å². The van der Waals surface area contributed by atoms with Gasteiger partial charge in [-0.1, -0.05) is 13.0 Å². The molecule has 6 heteroatoms. The number of hydrogen-bond donors (Lipinski definition) is 0. The fourth-order valence-electron chi connectivity index (χ4n) is 3.50. The van der Waals surface area contributed by atoms with E-state index in [0.717, 1.165) is 43.5 Å². The summed E-state index contributed by atoms with van der Waals surface area (Å²) in [7, 11) is 1.62. The number of piperidine rings is 1. The van der Waals surface area contributed by atoms with Crippen LogP contribution in [0.15, 0.2) is 24.3 Å². The minimum Gasteiger partial charge on any atom is -0.493 e. The van der Waals surface area contributed by atoms with Crippen LogP contribution in [-0.4, -0.2) is 56.6 Å². The van der Waals surface area contributed by atoms with Gasteiger partial charge in [-0.3, -0.25) is 4.79 Å². The number of rotatable bonds is 7. The fraction of sp³-hybridized carbons (Fsp3) is 0.571. The van der Waals surface area contributed by atoms with Crippen molar-refractivity contribution in [3.63, 3.8) is 0 Å². The van der Waals surface area contributed by atoms with Gasteiger partial charge in [0.05, 0.1) is 33.0 Å². The Morgan fingerprint density at radius 3 is 2.81 bits per heavy atom. The molecular weight excluding hydrogens is 346 g/mol.